The summed E-state index contributed by atoms with van der Waals surface area (Å²) < 4.78 is 0. The molecule has 0 radical (unpaired) electrons. The summed E-state index contributed by atoms with van der Waals surface area (Å²) in [6, 6.07) is 20.5. The highest BCUT2D eigenvalue weighted by atomic mass is 35.5. The molecule has 2 N–H and O–H groups in total. The van der Waals surface area contributed by atoms with Crippen LogP contribution in [0.4, 0.5) is 11.5 Å². The predicted molar refractivity (Wildman–Crippen MR) is 97.4 cm³/mol. The van der Waals surface area contributed by atoms with Crippen LogP contribution >= 0.6 is 11.6 Å². The second kappa shape index (κ2) is 7.62. The molecular formula is C19H16ClN3O. The molecule has 2 aromatic carbocycles. The number of hydrogen-bond acceptors (Lipinski definition) is 3. The van der Waals surface area contributed by atoms with Crippen LogP contribution in [0, 0.1) is 0 Å². The minimum atomic E-state index is -0.218. The number of carbonyl (C=O) groups excluding carboxylic acids is 1. The summed E-state index contributed by atoms with van der Waals surface area (Å²) in [5.74, 6) is 0.531. The SMILES string of the molecule is O=C(Nc1ccc(NCc2ccccc2)nc1)c1cccc(Cl)c1. The topological polar surface area (TPSA) is 54.0 Å². The fourth-order valence-corrected chi connectivity index (χ4v) is 2.38. The Bertz CT molecular complexity index is 820. The lowest BCUT2D eigenvalue weighted by molar-refractivity contribution is 0.102. The van der Waals surface area contributed by atoms with E-state index in [9.17, 15) is 4.79 Å². The van der Waals surface area contributed by atoms with E-state index in [4.69, 9.17) is 11.6 Å². The van der Waals surface area contributed by atoms with Gasteiger partial charge in [0.1, 0.15) is 5.82 Å². The van der Waals surface area contributed by atoms with Crippen molar-refractivity contribution in [2.75, 3.05) is 10.6 Å². The molecule has 0 fully saturated rings. The van der Waals surface area contributed by atoms with Gasteiger partial charge < -0.3 is 10.6 Å². The number of aromatic nitrogens is 1. The third kappa shape index (κ3) is 4.33. The molecule has 0 saturated carbocycles. The van der Waals surface area contributed by atoms with Crippen molar-refractivity contribution in [3.8, 4) is 0 Å². The Labute approximate surface area is 145 Å². The van der Waals surface area contributed by atoms with Crippen LogP contribution in [0.1, 0.15) is 15.9 Å². The monoisotopic (exact) mass is 337 g/mol. The summed E-state index contributed by atoms with van der Waals surface area (Å²) >= 11 is 5.90. The van der Waals surface area contributed by atoms with E-state index in [2.05, 4.69) is 15.6 Å². The molecule has 0 aliphatic rings. The van der Waals surface area contributed by atoms with E-state index in [0.717, 1.165) is 5.82 Å². The number of halogens is 1. The normalized spacial score (nSPS) is 10.2. The van der Waals surface area contributed by atoms with Crippen molar-refractivity contribution in [1.29, 1.82) is 0 Å². The van der Waals surface area contributed by atoms with Crippen molar-refractivity contribution in [3.05, 3.63) is 89.1 Å². The first-order chi connectivity index (χ1) is 11.7. The molecule has 4 nitrogen and oxygen atoms in total. The lowest BCUT2D eigenvalue weighted by Crippen LogP contribution is -2.12. The summed E-state index contributed by atoms with van der Waals surface area (Å²) in [7, 11) is 0. The van der Waals surface area contributed by atoms with E-state index >= 15 is 0 Å². The smallest absolute Gasteiger partial charge is 0.255 e. The standard InChI is InChI=1S/C19H16ClN3O/c20-16-8-4-7-15(11-16)19(24)23-17-9-10-18(22-13-17)21-12-14-5-2-1-3-6-14/h1-11,13H,12H2,(H,21,22)(H,23,24). The van der Waals surface area contributed by atoms with Crippen LogP contribution in [0.3, 0.4) is 0 Å². The van der Waals surface area contributed by atoms with Gasteiger partial charge in [0.25, 0.3) is 5.91 Å². The van der Waals surface area contributed by atoms with Crippen molar-refractivity contribution in [2.45, 2.75) is 6.54 Å². The van der Waals surface area contributed by atoms with Crippen LogP contribution in [0.25, 0.3) is 0 Å². The first-order valence-electron chi connectivity index (χ1n) is 7.51. The zero-order valence-corrected chi connectivity index (χ0v) is 13.6. The molecule has 3 rings (SSSR count). The molecule has 0 atom stereocenters. The largest absolute Gasteiger partial charge is 0.366 e. The second-order valence-corrected chi connectivity index (χ2v) is 5.67. The van der Waals surface area contributed by atoms with Gasteiger partial charge in [0.15, 0.2) is 0 Å². The lowest BCUT2D eigenvalue weighted by Gasteiger charge is -2.08. The first kappa shape index (κ1) is 16.0. The summed E-state index contributed by atoms with van der Waals surface area (Å²) in [6.45, 7) is 0.696. The van der Waals surface area contributed by atoms with Gasteiger partial charge in [0, 0.05) is 17.1 Å². The number of benzene rings is 2. The quantitative estimate of drug-likeness (QED) is 0.715. The Balaban J connectivity index is 1.59. The minimum absolute atomic E-state index is 0.218. The van der Waals surface area contributed by atoms with Crippen LogP contribution in [0.2, 0.25) is 5.02 Å². The Morgan fingerprint density at radius 3 is 2.54 bits per heavy atom. The molecule has 1 amide bonds. The Morgan fingerprint density at radius 1 is 1.00 bits per heavy atom. The fraction of sp³-hybridized carbons (Fsp3) is 0.0526. The highest BCUT2D eigenvalue weighted by Crippen LogP contribution is 2.15. The van der Waals surface area contributed by atoms with E-state index < -0.39 is 0 Å². The zero-order valence-electron chi connectivity index (χ0n) is 12.9. The third-order valence-corrected chi connectivity index (χ3v) is 3.66. The molecule has 0 aliphatic carbocycles. The van der Waals surface area contributed by atoms with E-state index in [1.807, 2.05) is 42.5 Å². The highest BCUT2D eigenvalue weighted by Gasteiger charge is 2.06. The Hall–Kier alpha value is -2.85. The highest BCUT2D eigenvalue weighted by molar-refractivity contribution is 6.31. The van der Waals surface area contributed by atoms with Gasteiger partial charge in [-0.2, -0.15) is 0 Å². The van der Waals surface area contributed by atoms with Gasteiger partial charge in [-0.1, -0.05) is 48.0 Å². The molecule has 0 unspecified atom stereocenters. The van der Waals surface area contributed by atoms with Gasteiger partial charge in [0.2, 0.25) is 0 Å². The maximum Gasteiger partial charge on any atom is 0.255 e. The average Bonchev–Trinajstić information content (AvgIpc) is 2.62. The number of carbonyl (C=O) groups is 1. The van der Waals surface area contributed by atoms with Gasteiger partial charge in [-0.05, 0) is 35.9 Å². The minimum Gasteiger partial charge on any atom is -0.366 e. The first-order valence-corrected chi connectivity index (χ1v) is 7.89. The van der Waals surface area contributed by atoms with Crippen LogP contribution in [-0.4, -0.2) is 10.9 Å². The molecule has 120 valence electrons. The van der Waals surface area contributed by atoms with Gasteiger partial charge in [0.05, 0.1) is 11.9 Å². The second-order valence-electron chi connectivity index (χ2n) is 5.24. The van der Waals surface area contributed by atoms with E-state index in [0.29, 0.717) is 22.8 Å². The van der Waals surface area contributed by atoms with Crippen molar-refractivity contribution in [1.82, 2.24) is 4.98 Å². The number of anilines is 2. The molecule has 1 heterocycles. The molecule has 1 aromatic heterocycles. The van der Waals surface area contributed by atoms with E-state index in [1.165, 1.54) is 5.56 Å². The summed E-state index contributed by atoms with van der Waals surface area (Å²) in [5.41, 5.74) is 2.32. The molecule has 0 saturated heterocycles. The molecule has 3 aromatic rings. The number of nitrogens with one attached hydrogen (secondary N) is 2. The molecule has 0 spiro atoms. The van der Waals surface area contributed by atoms with Crippen LogP contribution in [0.5, 0.6) is 0 Å². The molecule has 0 aliphatic heterocycles. The maximum atomic E-state index is 12.1. The average molecular weight is 338 g/mol. The fourth-order valence-electron chi connectivity index (χ4n) is 2.19. The van der Waals surface area contributed by atoms with Gasteiger partial charge in [-0.15, -0.1) is 0 Å². The number of hydrogen-bond donors (Lipinski definition) is 2. The van der Waals surface area contributed by atoms with Gasteiger partial charge in [-0.3, -0.25) is 4.79 Å². The molecule has 24 heavy (non-hydrogen) atoms. The predicted octanol–water partition coefficient (Wildman–Crippen LogP) is 4.60. The van der Waals surface area contributed by atoms with Crippen molar-refractivity contribution < 1.29 is 4.79 Å². The van der Waals surface area contributed by atoms with Crippen LogP contribution < -0.4 is 10.6 Å². The van der Waals surface area contributed by atoms with Crippen LogP contribution in [0.15, 0.2) is 72.9 Å². The number of pyridine rings is 1. The maximum absolute atomic E-state index is 12.1. The van der Waals surface area contributed by atoms with Crippen LogP contribution in [-0.2, 0) is 6.54 Å². The zero-order chi connectivity index (χ0) is 16.8. The number of rotatable bonds is 5. The Kier molecular flexibility index (Phi) is 5.08. The summed E-state index contributed by atoms with van der Waals surface area (Å²) in [5, 5.41) is 6.57. The third-order valence-electron chi connectivity index (χ3n) is 3.42. The Morgan fingerprint density at radius 2 is 1.83 bits per heavy atom. The number of amides is 1. The van der Waals surface area contributed by atoms with Gasteiger partial charge >= 0.3 is 0 Å². The van der Waals surface area contributed by atoms with Crippen molar-refractivity contribution >= 4 is 29.0 Å². The van der Waals surface area contributed by atoms with Crippen molar-refractivity contribution in [2.24, 2.45) is 0 Å². The van der Waals surface area contributed by atoms with Gasteiger partial charge in [-0.25, -0.2) is 4.98 Å². The van der Waals surface area contributed by atoms with E-state index in [-0.39, 0.29) is 5.91 Å². The van der Waals surface area contributed by atoms with Crippen molar-refractivity contribution in [3.63, 3.8) is 0 Å². The lowest BCUT2D eigenvalue weighted by atomic mass is 10.2. The molecule has 5 heteroatoms. The number of nitrogens with zero attached hydrogens (tertiary/aromatic N) is 1. The van der Waals surface area contributed by atoms with E-state index in [1.54, 1.807) is 30.5 Å². The molecular weight excluding hydrogens is 322 g/mol. The molecule has 0 bridgehead atoms. The summed E-state index contributed by atoms with van der Waals surface area (Å²) in [6.07, 6.45) is 1.62. The summed E-state index contributed by atoms with van der Waals surface area (Å²) in [4.78, 5) is 16.5.